The number of anilines is 1. The quantitative estimate of drug-likeness (QED) is 0.577. The zero-order valence-corrected chi connectivity index (χ0v) is 13.7. The van der Waals surface area contributed by atoms with E-state index in [2.05, 4.69) is 9.71 Å². The van der Waals surface area contributed by atoms with Crippen LogP contribution in [0.2, 0.25) is 0 Å². The van der Waals surface area contributed by atoms with Crippen LogP contribution in [0.3, 0.4) is 0 Å². The van der Waals surface area contributed by atoms with Gasteiger partial charge in [-0.25, -0.2) is 13.4 Å². The summed E-state index contributed by atoms with van der Waals surface area (Å²) in [7, 11) is -3.93. The highest BCUT2D eigenvalue weighted by Gasteiger charge is 2.18. The summed E-state index contributed by atoms with van der Waals surface area (Å²) in [6.07, 6.45) is 1.62. The van der Waals surface area contributed by atoms with Gasteiger partial charge in [0.2, 0.25) is 0 Å². The molecule has 9 heteroatoms. The van der Waals surface area contributed by atoms with Gasteiger partial charge >= 0.3 is 0 Å². The number of aromatic nitrogens is 2. The molecule has 0 aliphatic rings. The Morgan fingerprint density at radius 3 is 2.67 bits per heavy atom. The maximum absolute atomic E-state index is 12.4. The minimum Gasteiger partial charge on any atom is -0.302 e. The Morgan fingerprint density at radius 2 is 1.96 bits per heavy atom. The Bertz CT molecular complexity index is 1060. The van der Waals surface area contributed by atoms with Gasteiger partial charge in [-0.05, 0) is 32.0 Å². The van der Waals surface area contributed by atoms with E-state index in [4.69, 9.17) is 0 Å². The summed E-state index contributed by atoms with van der Waals surface area (Å²) < 4.78 is 29.1. The van der Waals surface area contributed by atoms with Gasteiger partial charge in [-0.15, -0.1) is 0 Å². The van der Waals surface area contributed by atoms with Crippen LogP contribution in [0, 0.1) is 24.0 Å². The molecule has 3 aromatic rings. The third-order valence-corrected chi connectivity index (χ3v) is 5.06. The van der Waals surface area contributed by atoms with Crippen LogP contribution in [0.1, 0.15) is 11.4 Å². The van der Waals surface area contributed by atoms with Gasteiger partial charge in [0.05, 0.1) is 21.2 Å². The first-order chi connectivity index (χ1) is 11.3. The van der Waals surface area contributed by atoms with E-state index < -0.39 is 14.9 Å². The highest BCUT2D eigenvalue weighted by atomic mass is 32.2. The molecule has 0 radical (unpaired) electrons. The number of imidazole rings is 1. The normalized spacial score (nSPS) is 11.6. The fraction of sp³-hybridized carbons (Fsp3) is 0.133. The van der Waals surface area contributed by atoms with Crippen LogP contribution in [-0.2, 0) is 10.0 Å². The number of aryl methyl sites for hydroxylation is 2. The van der Waals surface area contributed by atoms with Gasteiger partial charge in [0, 0.05) is 24.0 Å². The van der Waals surface area contributed by atoms with Crippen LogP contribution in [0.25, 0.3) is 5.65 Å². The van der Waals surface area contributed by atoms with E-state index in [0.29, 0.717) is 11.3 Å². The molecule has 0 atom stereocenters. The fourth-order valence-electron chi connectivity index (χ4n) is 2.32. The average molecular weight is 346 g/mol. The largest absolute Gasteiger partial charge is 0.302 e. The van der Waals surface area contributed by atoms with Crippen LogP contribution >= 0.6 is 0 Å². The summed E-state index contributed by atoms with van der Waals surface area (Å²) >= 11 is 0. The van der Waals surface area contributed by atoms with Crippen molar-refractivity contribution in [3.05, 3.63) is 64.1 Å². The lowest BCUT2D eigenvalue weighted by Crippen LogP contribution is -2.13. The monoisotopic (exact) mass is 346 g/mol. The van der Waals surface area contributed by atoms with E-state index in [1.807, 2.05) is 13.8 Å². The number of nitrogens with one attached hydrogen (secondary N) is 1. The van der Waals surface area contributed by atoms with Crippen molar-refractivity contribution in [3.63, 3.8) is 0 Å². The molecule has 1 aromatic carbocycles. The number of non-ortho nitro benzene ring substituents is 1. The van der Waals surface area contributed by atoms with Crippen molar-refractivity contribution in [3.8, 4) is 0 Å². The number of nitrogens with zero attached hydrogens (tertiary/aromatic N) is 3. The second kappa shape index (κ2) is 5.60. The molecule has 2 aromatic heterocycles. The van der Waals surface area contributed by atoms with Gasteiger partial charge in [0.25, 0.3) is 15.7 Å². The first-order valence-corrected chi connectivity index (χ1v) is 8.49. The van der Waals surface area contributed by atoms with Gasteiger partial charge in [0.15, 0.2) is 0 Å². The standard InChI is InChI=1S/C15H14N4O4S/c1-10-11(2)18-9-12(6-7-15(18)16-10)17-24(22,23)14-5-3-4-13(8-14)19(20)21/h3-9,17H,1-2H3. The van der Waals surface area contributed by atoms with Gasteiger partial charge < -0.3 is 4.40 Å². The molecular formula is C15H14N4O4S. The molecular weight excluding hydrogens is 332 g/mol. The van der Waals surface area contributed by atoms with E-state index in [1.54, 1.807) is 22.7 Å². The molecule has 0 aliphatic heterocycles. The van der Waals surface area contributed by atoms with Gasteiger partial charge in [-0.1, -0.05) is 6.07 Å². The molecule has 2 heterocycles. The number of rotatable bonds is 4. The summed E-state index contributed by atoms with van der Waals surface area (Å²) in [6.45, 7) is 3.75. The number of fused-ring (bicyclic) bond motifs is 1. The van der Waals surface area contributed by atoms with E-state index in [1.165, 1.54) is 18.2 Å². The molecule has 0 amide bonds. The minimum atomic E-state index is -3.93. The summed E-state index contributed by atoms with van der Waals surface area (Å²) in [5.74, 6) is 0. The van der Waals surface area contributed by atoms with E-state index in [0.717, 1.165) is 17.5 Å². The molecule has 0 unspecified atom stereocenters. The molecule has 3 rings (SSSR count). The Balaban J connectivity index is 1.99. The van der Waals surface area contributed by atoms with E-state index >= 15 is 0 Å². The third-order valence-electron chi connectivity index (χ3n) is 3.69. The lowest BCUT2D eigenvalue weighted by molar-refractivity contribution is -0.385. The fourth-order valence-corrected chi connectivity index (χ4v) is 3.40. The Labute approximate surface area is 138 Å². The van der Waals surface area contributed by atoms with Crippen LogP contribution in [0.4, 0.5) is 11.4 Å². The Kier molecular flexibility index (Phi) is 3.72. The average Bonchev–Trinajstić information content (AvgIpc) is 2.82. The number of benzene rings is 1. The van der Waals surface area contributed by atoms with E-state index in [-0.39, 0.29) is 10.6 Å². The van der Waals surface area contributed by atoms with Crippen molar-refractivity contribution in [1.29, 1.82) is 0 Å². The molecule has 8 nitrogen and oxygen atoms in total. The van der Waals surface area contributed by atoms with Crippen molar-refractivity contribution in [2.75, 3.05) is 4.72 Å². The molecule has 24 heavy (non-hydrogen) atoms. The van der Waals surface area contributed by atoms with Crippen molar-refractivity contribution in [2.24, 2.45) is 0 Å². The number of nitro benzene ring substituents is 1. The SMILES string of the molecule is Cc1nc2ccc(NS(=O)(=O)c3cccc([N+](=O)[O-])c3)cn2c1C. The molecule has 124 valence electrons. The second-order valence-corrected chi connectivity index (χ2v) is 6.97. The smallest absolute Gasteiger partial charge is 0.270 e. The molecule has 0 aliphatic carbocycles. The molecule has 0 spiro atoms. The van der Waals surface area contributed by atoms with Gasteiger partial charge in [-0.3, -0.25) is 14.8 Å². The van der Waals surface area contributed by atoms with Crippen molar-refractivity contribution in [2.45, 2.75) is 18.7 Å². The van der Waals surface area contributed by atoms with Gasteiger partial charge in [0.1, 0.15) is 5.65 Å². The minimum absolute atomic E-state index is 0.171. The Morgan fingerprint density at radius 1 is 1.21 bits per heavy atom. The van der Waals surface area contributed by atoms with Gasteiger partial charge in [-0.2, -0.15) is 0 Å². The molecule has 0 saturated heterocycles. The molecule has 1 N–H and O–H groups in total. The summed E-state index contributed by atoms with van der Waals surface area (Å²) in [6, 6.07) is 8.19. The zero-order valence-electron chi connectivity index (χ0n) is 12.9. The lowest BCUT2D eigenvalue weighted by Gasteiger charge is -2.09. The molecule has 0 bridgehead atoms. The third kappa shape index (κ3) is 2.81. The lowest BCUT2D eigenvalue weighted by atomic mass is 10.3. The van der Waals surface area contributed by atoms with E-state index in [9.17, 15) is 18.5 Å². The number of sulfonamides is 1. The summed E-state index contributed by atoms with van der Waals surface area (Å²) in [4.78, 5) is 14.3. The van der Waals surface area contributed by atoms with Crippen LogP contribution < -0.4 is 4.72 Å². The number of pyridine rings is 1. The predicted octanol–water partition coefficient (Wildman–Crippen LogP) is 2.66. The first kappa shape index (κ1) is 15.9. The first-order valence-electron chi connectivity index (χ1n) is 7.00. The van der Waals surface area contributed by atoms with Crippen LogP contribution in [0.15, 0.2) is 47.5 Å². The maximum Gasteiger partial charge on any atom is 0.270 e. The summed E-state index contributed by atoms with van der Waals surface area (Å²) in [5, 5.41) is 10.8. The Hall–Kier alpha value is -2.94. The molecule has 0 saturated carbocycles. The van der Waals surface area contributed by atoms with Crippen molar-refractivity contribution < 1.29 is 13.3 Å². The summed E-state index contributed by atoms with van der Waals surface area (Å²) in [5.41, 5.74) is 2.53. The van der Waals surface area contributed by atoms with Crippen LogP contribution in [-0.4, -0.2) is 22.7 Å². The van der Waals surface area contributed by atoms with Crippen molar-refractivity contribution in [1.82, 2.24) is 9.38 Å². The predicted molar refractivity (Wildman–Crippen MR) is 88.6 cm³/mol. The number of hydrogen-bond acceptors (Lipinski definition) is 5. The highest BCUT2D eigenvalue weighted by molar-refractivity contribution is 7.92. The van der Waals surface area contributed by atoms with Crippen LogP contribution in [0.5, 0.6) is 0 Å². The second-order valence-electron chi connectivity index (χ2n) is 5.29. The van der Waals surface area contributed by atoms with Crippen molar-refractivity contribution >= 4 is 27.0 Å². The maximum atomic E-state index is 12.4. The molecule has 0 fully saturated rings. The highest BCUT2D eigenvalue weighted by Crippen LogP contribution is 2.21. The number of nitro groups is 1. The topological polar surface area (TPSA) is 107 Å². The zero-order chi connectivity index (χ0) is 17.5. The number of hydrogen-bond donors (Lipinski definition) is 1.